The maximum absolute atomic E-state index is 3.85. The zero-order valence-corrected chi connectivity index (χ0v) is 8.97. The summed E-state index contributed by atoms with van der Waals surface area (Å²) in [5.41, 5.74) is 0. The molecule has 0 bridgehead atoms. The molecule has 0 aromatic rings. The maximum atomic E-state index is 3.85. The monoisotopic (exact) mass is 282 g/mol. The van der Waals surface area contributed by atoms with Crippen LogP contribution in [0.1, 0.15) is 13.8 Å². The number of hydrogen-bond acceptors (Lipinski definition) is 1. The molecule has 3 heteroatoms. The molecule has 0 aliphatic rings. The molecule has 8 heavy (non-hydrogen) atoms. The van der Waals surface area contributed by atoms with Crippen LogP contribution >= 0.6 is 0 Å². The molecule has 0 atom stereocenters. The van der Waals surface area contributed by atoms with Crippen LogP contribution in [0, 0.1) is 0 Å². The molecule has 0 aromatic heterocycles. The molecular weight excluding hydrogens is 269 g/mol. The van der Waals surface area contributed by atoms with E-state index in [1.807, 2.05) is 13.8 Å². The molecule has 2 nitrogen and oxygen atoms in total. The molecule has 0 radical (unpaired) electrons. The van der Waals surface area contributed by atoms with Crippen molar-refractivity contribution in [3.8, 4) is 0 Å². The summed E-state index contributed by atoms with van der Waals surface area (Å²) in [6, 6.07) is 0. The molecule has 0 aromatic carbocycles. The molecule has 0 aliphatic carbocycles. The van der Waals surface area contributed by atoms with E-state index in [-0.39, 0.29) is 0 Å². The van der Waals surface area contributed by atoms with Gasteiger partial charge in [-0.3, -0.25) is 0 Å². The van der Waals surface area contributed by atoms with Crippen LogP contribution in [0.25, 0.3) is 5.32 Å². The van der Waals surface area contributed by atoms with Gasteiger partial charge in [0, 0.05) is 0 Å². The summed E-state index contributed by atoms with van der Waals surface area (Å²) < 4.78 is 3.85. The molecular formula is C5H13N2Ta-. The molecule has 49 valence electrons. The molecule has 0 heterocycles. The quantitative estimate of drug-likeness (QED) is 0.737. The van der Waals surface area contributed by atoms with Crippen LogP contribution in [0.5, 0.6) is 0 Å². The van der Waals surface area contributed by atoms with Gasteiger partial charge in [0.2, 0.25) is 0 Å². The van der Waals surface area contributed by atoms with Gasteiger partial charge in [-0.2, -0.15) is 13.6 Å². The van der Waals surface area contributed by atoms with Crippen molar-refractivity contribution in [2.75, 3.05) is 20.1 Å². The zero-order chi connectivity index (χ0) is 6.83. The Morgan fingerprint density at radius 1 is 1.50 bits per heavy atom. The van der Waals surface area contributed by atoms with E-state index in [0.717, 1.165) is 13.1 Å². The minimum absolute atomic E-state index is 0.944. The molecule has 0 saturated heterocycles. The second kappa shape index (κ2) is 15.6. The fourth-order valence-corrected chi connectivity index (χ4v) is 0. The van der Waals surface area contributed by atoms with E-state index in [2.05, 4.69) is 8.65 Å². The Labute approximate surface area is 63.8 Å². The Morgan fingerprint density at radius 3 is 1.75 bits per heavy atom. The minimum atomic E-state index is 0.944. The summed E-state index contributed by atoms with van der Waals surface area (Å²) in [4.78, 5) is 0. The van der Waals surface area contributed by atoms with Gasteiger partial charge in [-0.15, -0.1) is 0 Å². The predicted molar refractivity (Wildman–Crippen MR) is 32.8 cm³/mol. The van der Waals surface area contributed by atoms with Crippen LogP contribution in [0.2, 0.25) is 0 Å². The molecule has 0 rings (SSSR count). The van der Waals surface area contributed by atoms with Crippen molar-refractivity contribution in [1.82, 2.24) is 0 Å². The second-order valence-electron chi connectivity index (χ2n) is 1.09. The summed E-state index contributed by atoms with van der Waals surface area (Å²) in [5.74, 6) is 0. The van der Waals surface area contributed by atoms with Crippen molar-refractivity contribution in [3.05, 3.63) is 5.32 Å². The van der Waals surface area contributed by atoms with E-state index in [1.165, 1.54) is 20.9 Å². The topological polar surface area (TPSA) is 26.5 Å². The first-order valence-electron chi connectivity index (χ1n) is 2.69. The standard InChI is InChI=1S/C3H8N.C2H5N.Ta/c1-3-4-2;1-2-3;/h3H2,1-2H3;2H2,1H3;/q-1;;. The van der Waals surface area contributed by atoms with Gasteiger partial charge in [-0.05, 0) is 0 Å². The van der Waals surface area contributed by atoms with Crippen LogP contribution in [0.15, 0.2) is 3.34 Å². The van der Waals surface area contributed by atoms with Crippen molar-refractivity contribution < 1.29 is 20.9 Å². The van der Waals surface area contributed by atoms with E-state index in [0.29, 0.717) is 0 Å². The van der Waals surface area contributed by atoms with Crippen molar-refractivity contribution in [3.63, 3.8) is 0 Å². The third-order valence-corrected chi connectivity index (χ3v) is 1.47. The van der Waals surface area contributed by atoms with Crippen LogP contribution in [-0.2, 0) is 20.9 Å². The first kappa shape index (κ1) is 11.3. The zero-order valence-electron chi connectivity index (χ0n) is 5.76. The van der Waals surface area contributed by atoms with Crippen molar-refractivity contribution in [2.45, 2.75) is 13.8 Å². The van der Waals surface area contributed by atoms with E-state index < -0.39 is 0 Å². The van der Waals surface area contributed by atoms with Gasteiger partial charge in [0.1, 0.15) is 0 Å². The predicted octanol–water partition coefficient (Wildman–Crippen LogP) is 1.75. The van der Waals surface area contributed by atoms with Crippen molar-refractivity contribution in [1.29, 1.82) is 0 Å². The van der Waals surface area contributed by atoms with Gasteiger partial charge in [0.25, 0.3) is 0 Å². The van der Waals surface area contributed by atoms with E-state index in [4.69, 9.17) is 0 Å². The van der Waals surface area contributed by atoms with Crippen LogP contribution < -0.4 is 0 Å². The van der Waals surface area contributed by atoms with Crippen LogP contribution in [0.3, 0.4) is 0 Å². The Morgan fingerprint density at radius 2 is 1.75 bits per heavy atom. The average molecular weight is 282 g/mol. The first-order chi connectivity index (χ1) is 3.83. The molecule has 0 unspecified atom stereocenters. The normalized spacial score (nSPS) is 6.75. The van der Waals surface area contributed by atoms with Crippen LogP contribution in [0.4, 0.5) is 0 Å². The summed E-state index contributed by atoms with van der Waals surface area (Å²) >= 11 is 1.17. The van der Waals surface area contributed by atoms with E-state index in [1.54, 1.807) is 7.05 Å². The fraction of sp³-hybridized carbons (Fsp3) is 1.00. The summed E-state index contributed by atoms with van der Waals surface area (Å²) in [7, 11) is 1.81. The van der Waals surface area contributed by atoms with Crippen molar-refractivity contribution >= 4 is 0 Å². The van der Waals surface area contributed by atoms with Gasteiger partial charge in [0.15, 0.2) is 0 Å². The van der Waals surface area contributed by atoms with Gasteiger partial charge in [-0.1, -0.05) is 6.92 Å². The van der Waals surface area contributed by atoms with Gasteiger partial charge in [0.05, 0.1) is 0 Å². The third-order valence-electron chi connectivity index (χ3n) is 0.458. The molecule has 0 saturated carbocycles. The van der Waals surface area contributed by atoms with Gasteiger partial charge < -0.3 is 5.32 Å². The summed E-state index contributed by atoms with van der Waals surface area (Å²) in [6.07, 6.45) is 0. The molecule has 0 fully saturated rings. The number of rotatable bonds is 2. The van der Waals surface area contributed by atoms with Crippen LogP contribution in [-0.4, -0.2) is 20.1 Å². The van der Waals surface area contributed by atoms with E-state index in [9.17, 15) is 0 Å². The fourth-order valence-electron chi connectivity index (χ4n) is 0. The molecule has 0 N–H and O–H groups in total. The van der Waals surface area contributed by atoms with Crippen molar-refractivity contribution in [2.24, 2.45) is 3.34 Å². The Kier molecular flexibility index (Phi) is 22.1. The summed E-state index contributed by atoms with van der Waals surface area (Å²) in [5, 5.41) is 3.74. The Hall–Kier alpha value is 0.500. The number of nitrogens with zero attached hydrogens (tertiary/aromatic N) is 2. The molecule has 0 amide bonds. The first-order valence-corrected chi connectivity index (χ1v) is 4.13. The SMILES string of the molecule is CC[N-]C.CC[N]=[Ta]. The number of hydrogen-bond donors (Lipinski definition) is 0. The Balaban J connectivity index is 0. The van der Waals surface area contributed by atoms with Gasteiger partial charge >= 0.3 is 37.7 Å². The molecule has 0 spiro atoms. The second-order valence-corrected chi connectivity index (χ2v) is 2.11. The van der Waals surface area contributed by atoms with E-state index >= 15 is 0 Å². The Bertz CT molecular complexity index is 37.4. The van der Waals surface area contributed by atoms with Gasteiger partial charge in [-0.25, -0.2) is 0 Å². The summed E-state index contributed by atoms with van der Waals surface area (Å²) in [6.45, 7) is 5.99. The third kappa shape index (κ3) is 31.5. The molecule has 0 aliphatic heterocycles. The average Bonchev–Trinajstić information content (AvgIpc) is 1.88.